The maximum atomic E-state index is 12.6. The smallest absolute Gasteiger partial charge is 0.273 e. The van der Waals surface area contributed by atoms with Crippen LogP contribution in [0.25, 0.3) is 10.6 Å². The third-order valence-electron chi connectivity index (χ3n) is 3.17. The van der Waals surface area contributed by atoms with Crippen LogP contribution in [0, 0.1) is 0 Å². The largest absolute Gasteiger partial charge is 0.392 e. The maximum Gasteiger partial charge on any atom is 0.273 e. The lowest BCUT2D eigenvalue weighted by Gasteiger charge is -2.27. The van der Waals surface area contributed by atoms with Crippen molar-refractivity contribution in [3.63, 3.8) is 0 Å². The number of aliphatic hydroxyl groups is 1. The fourth-order valence-electron chi connectivity index (χ4n) is 2.09. The molecule has 2 aromatic rings. The van der Waals surface area contributed by atoms with Gasteiger partial charge in [0.15, 0.2) is 0 Å². The van der Waals surface area contributed by atoms with E-state index in [1.54, 1.807) is 23.3 Å². The first-order valence-corrected chi connectivity index (χ1v) is 8.35. The first kappa shape index (κ1) is 16.9. The SMILES string of the molecule is CC(O)CN(C(=O)c1csc(-c2ccccc2Cl)n1)C(C)C. The van der Waals surface area contributed by atoms with Crippen LogP contribution in [0.5, 0.6) is 0 Å². The van der Waals surface area contributed by atoms with Gasteiger partial charge in [0.25, 0.3) is 5.91 Å². The summed E-state index contributed by atoms with van der Waals surface area (Å²) >= 11 is 7.56. The zero-order valence-corrected chi connectivity index (χ0v) is 14.4. The van der Waals surface area contributed by atoms with Crippen LogP contribution in [-0.2, 0) is 0 Å². The second kappa shape index (κ2) is 7.22. The van der Waals surface area contributed by atoms with Gasteiger partial charge in [0, 0.05) is 23.5 Å². The third kappa shape index (κ3) is 3.85. The molecule has 1 N–H and O–H groups in total. The summed E-state index contributed by atoms with van der Waals surface area (Å²) in [5.74, 6) is -0.176. The minimum Gasteiger partial charge on any atom is -0.392 e. The van der Waals surface area contributed by atoms with Crippen LogP contribution in [0.2, 0.25) is 5.02 Å². The standard InChI is InChI=1S/C16H19ClN2O2S/c1-10(2)19(8-11(3)20)16(21)14-9-22-15(18-14)12-6-4-5-7-13(12)17/h4-7,9-11,20H,8H2,1-3H3. The van der Waals surface area contributed by atoms with Crippen LogP contribution < -0.4 is 0 Å². The Kier molecular flexibility index (Phi) is 5.56. The van der Waals surface area contributed by atoms with Gasteiger partial charge in [0.1, 0.15) is 10.7 Å². The van der Waals surface area contributed by atoms with Gasteiger partial charge in [-0.3, -0.25) is 4.79 Å². The molecule has 1 aromatic carbocycles. The van der Waals surface area contributed by atoms with Crippen molar-refractivity contribution in [2.45, 2.75) is 32.9 Å². The zero-order chi connectivity index (χ0) is 16.3. The number of thiazole rings is 1. The number of benzene rings is 1. The number of carbonyl (C=O) groups excluding carboxylic acids is 1. The van der Waals surface area contributed by atoms with E-state index in [1.165, 1.54) is 11.3 Å². The zero-order valence-electron chi connectivity index (χ0n) is 12.8. The number of carbonyl (C=O) groups is 1. The van der Waals surface area contributed by atoms with E-state index in [-0.39, 0.29) is 18.5 Å². The van der Waals surface area contributed by atoms with Crippen molar-refractivity contribution in [3.05, 3.63) is 40.4 Å². The fourth-order valence-corrected chi connectivity index (χ4v) is 3.20. The molecule has 6 heteroatoms. The Morgan fingerprint density at radius 1 is 1.36 bits per heavy atom. The highest BCUT2D eigenvalue weighted by Gasteiger charge is 2.23. The highest BCUT2D eigenvalue weighted by Crippen LogP contribution is 2.30. The monoisotopic (exact) mass is 338 g/mol. The van der Waals surface area contributed by atoms with Gasteiger partial charge in [0.05, 0.1) is 11.1 Å². The summed E-state index contributed by atoms with van der Waals surface area (Å²) in [5, 5.41) is 12.6. The Balaban J connectivity index is 2.27. The molecular weight excluding hydrogens is 320 g/mol. The van der Waals surface area contributed by atoms with E-state index in [1.807, 2.05) is 32.0 Å². The Morgan fingerprint density at radius 3 is 2.64 bits per heavy atom. The number of halogens is 1. The van der Waals surface area contributed by atoms with E-state index in [4.69, 9.17) is 11.6 Å². The molecule has 1 aromatic heterocycles. The predicted molar refractivity (Wildman–Crippen MR) is 90.4 cm³/mol. The average Bonchev–Trinajstić information content (AvgIpc) is 2.93. The topological polar surface area (TPSA) is 53.4 Å². The van der Waals surface area contributed by atoms with Gasteiger partial charge in [-0.25, -0.2) is 4.98 Å². The second-order valence-electron chi connectivity index (χ2n) is 5.42. The van der Waals surface area contributed by atoms with Crippen molar-refractivity contribution in [1.82, 2.24) is 9.88 Å². The molecule has 1 amide bonds. The van der Waals surface area contributed by atoms with Crippen LogP contribution in [0.4, 0.5) is 0 Å². The van der Waals surface area contributed by atoms with Gasteiger partial charge < -0.3 is 10.0 Å². The van der Waals surface area contributed by atoms with E-state index in [0.29, 0.717) is 10.7 Å². The summed E-state index contributed by atoms with van der Waals surface area (Å²) in [6.45, 7) is 5.79. The molecule has 0 bridgehead atoms. The van der Waals surface area contributed by atoms with E-state index >= 15 is 0 Å². The summed E-state index contributed by atoms with van der Waals surface area (Å²) in [6.07, 6.45) is -0.576. The lowest BCUT2D eigenvalue weighted by Crippen LogP contribution is -2.41. The number of aromatic nitrogens is 1. The number of amides is 1. The molecule has 0 fully saturated rings. The first-order chi connectivity index (χ1) is 10.4. The second-order valence-corrected chi connectivity index (χ2v) is 6.68. The van der Waals surface area contributed by atoms with Gasteiger partial charge in [-0.2, -0.15) is 0 Å². The molecule has 0 aliphatic carbocycles. The van der Waals surface area contributed by atoms with Crippen molar-refractivity contribution in [2.24, 2.45) is 0 Å². The van der Waals surface area contributed by atoms with Gasteiger partial charge in [-0.1, -0.05) is 29.8 Å². The Morgan fingerprint density at radius 2 is 2.05 bits per heavy atom. The van der Waals surface area contributed by atoms with Crippen molar-refractivity contribution in [2.75, 3.05) is 6.54 Å². The first-order valence-electron chi connectivity index (χ1n) is 7.09. The minimum atomic E-state index is -0.576. The average molecular weight is 339 g/mol. The fraction of sp³-hybridized carbons (Fsp3) is 0.375. The molecular formula is C16H19ClN2O2S. The maximum absolute atomic E-state index is 12.6. The van der Waals surface area contributed by atoms with Crippen molar-refractivity contribution in [3.8, 4) is 10.6 Å². The molecule has 0 aliphatic rings. The number of nitrogens with zero attached hydrogens (tertiary/aromatic N) is 2. The molecule has 118 valence electrons. The summed E-state index contributed by atoms with van der Waals surface area (Å²) in [5.41, 5.74) is 1.20. The van der Waals surface area contributed by atoms with Gasteiger partial charge >= 0.3 is 0 Å². The van der Waals surface area contributed by atoms with Gasteiger partial charge in [-0.15, -0.1) is 11.3 Å². The molecule has 1 atom stereocenters. The highest BCUT2D eigenvalue weighted by atomic mass is 35.5. The molecule has 0 saturated carbocycles. The van der Waals surface area contributed by atoms with Gasteiger partial charge in [-0.05, 0) is 26.8 Å². The van der Waals surface area contributed by atoms with Crippen LogP contribution in [0.3, 0.4) is 0 Å². The van der Waals surface area contributed by atoms with E-state index in [9.17, 15) is 9.90 Å². The minimum absolute atomic E-state index is 0.00689. The molecule has 0 saturated heterocycles. The molecule has 2 rings (SSSR count). The van der Waals surface area contributed by atoms with Crippen molar-refractivity contribution >= 4 is 28.8 Å². The van der Waals surface area contributed by atoms with Crippen LogP contribution in [0.1, 0.15) is 31.3 Å². The molecule has 0 aliphatic heterocycles. The number of rotatable bonds is 5. The Hall–Kier alpha value is -1.43. The van der Waals surface area contributed by atoms with E-state index < -0.39 is 6.10 Å². The normalized spacial score (nSPS) is 12.5. The summed E-state index contributed by atoms with van der Waals surface area (Å²) in [7, 11) is 0. The molecule has 0 spiro atoms. The van der Waals surface area contributed by atoms with Crippen LogP contribution >= 0.6 is 22.9 Å². The number of aliphatic hydroxyl groups excluding tert-OH is 1. The van der Waals surface area contributed by atoms with Crippen molar-refractivity contribution < 1.29 is 9.90 Å². The molecule has 0 radical (unpaired) electrons. The molecule has 4 nitrogen and oxygen atoms in total. The molecule has 22 heavy (non-hydrogen) atoms. The Bertz CT molecular complexity index is 655. The number of hydrogen-bond acceptors (Lipinski definition) is 4. The molecule has 1 heterocycles. The quantitative estimate of drug-likeness (QED) is 0.904. The molecule has 1 unspecified atom stereocenters. The summed E-state index contributed by atoms with van der Waals surface area (Å²) in [6, 6.07) is 7.42. The lowest BCUT2D eigenvalue weighted by atomic mass is 10.2. The summed E-state index contributed by atoms with van der Waals surface area (Å²) in [4.78, 5) is 18.6. The van der Waals surface area contributed by atoms with Crippen LogP contribution in [0.15, 0.2) is 29.6 Å². The van der Waals surface area contributed by atoms with E-state index in [2.05, 4.69) is 4.98 Å². The third-order valence-corrected chi connectivity index (χ3v) is 4.38. The van der Waals surface area contributed by atoms with Crippen LogP contribution in [-0.4, -0.2) is 39.6 Å². The summed E-state index contributed by atoms with van der Waals surface area (Å²) < 4.78 is 0. The van der Waals surface area contributed by atoms with E-state index in [0.717, 1.165) is 10.6 Å². The predicted octanol–water partition coefficient (Wildman–Crippen LogP) is 3.69. The van der Waals surface area contributed by atoms with Crippen molar-refractivity contribution in [1.29, 1.82) is 0 Å². The highest BCUT2D eigenvalue weighted by molar-refractivity contribution is 7.13. The number of hydrogen-bond donors (Lipinski definition) is 1. The van der Waals surface area contributed by atoms with Gasteiger partial charge in [0.2, 0.25) is 0 Å². The lowest BCUT2D eigenvalue weighted by molar-refractivity contribution is 0.0574. The Labute approximate surface area is 139 Å².